The summed E-state index contributed by atoms with van der Waals surface area (Å²) < 4.78 is 10.7. The second kappa shape index (κ2) is 7.61. The maximum Gasteiger partial charge on any atom is 0.289 e. The molecule has 0 atom stereocenters. The molecule has 4 rings (SSSR count). The van der Waals surface area contributed by atoms with E-state index in [4.69, 9.17) is 26.8 Å². The number of hydrogen-bond donors (Lipinski definition) is 1. The smallest absolute Gasteiger partial charge is 0.289 e. The molecular formula is C19H12ClN4O2S2+. The average molecular weight is 428 g/mol. The molecule has 0 aliphatic carbocycles. The van der Waals surface area contributed by atoms with E-state index in [1.165, 1.54) is 23.1 Å². The molecule has 1 aliphatic heterocycles. The van der Waals surface area contributed by atoms with Crippen molar-refractivity contribution in [2.45, 2.75) is 10.8 Å². The Morgan fingerprint density at radius 2 is 1.96 bits per heavy atom. The molecule has 1 aliphatic rings. The number of fused-ring (bicyclic) bond motifs is 1. The molecule has 0 bridgehead atoms. The standard InChI is InChI=1S/C19H11ClN4O2S2/c20-13-5-15-14(25-9-26-15)4-10(13)8-28-19-12(7-22)17(16-2-1-3-27-16)11(6-21)18(23)24-19/h1-5H,8-9H2,(H2,23,24)/p+1. The van der Waals surface area contributed by atoms with Crippen molar-refractivity contribution in [3.8, 4) is 34.1 Å². The number of aromatic nitrogens is 1. The first-order chi connectivity index (χ1) is 13.6. The van der Waals surface area contributed by atoms with E-state index in [2.05, 4.69) is 17.1 Å². The van der Waals surface area contributed by atoms with E-state index in [0.29, 0.717) is 38.4 Å². The van der Waals surface area contributed by atoms with Crippen molar-refractivity contribution >= 4 is 40.5 Å². The summed E-state index contributed by atoms with van der Waals surface area (Å²) in [5.74, 6) is 1.97. The van der Waals surface area contributed by atoms with E-state index in [-0.39, 0.29) is 18.2 Å². The molecule has 6 nitrogen and oxygen atoms in total. The van der Waals surface area contributed by atoms with Crippen molar-refractivity contribution in [3.05, 3.63) is 51.4 Å². The van der Waals surface area contributed by atoms with E-state index < -0.39 is 0 Å². The first-order valence-electron chi connectivity index (χ1n) is 8.06. The summed E-state index contributed by atoms with van der Waals surface area (Å²) in [5, 5.41) is 22.4. The van der Waals surface area contributed by atoms with Gasteiger partial charge in [-0.25, -0.2) is 4.98 Å². The lowest BCUT2D eigenvalue weighted by Crippen LogP contribution is -2.18. The number of rotatable bonds is 4. The fourth-order valence-corrected chi connectivity index (χ4v) is 4.93. The quantitative estimate of drug-likeness (QED) is 0.624. The number of H-pyrrole nitrogens is 1. The summed E-state index contributed by atoms with van der Waals surface area (Å²) in [6.07, 6.45) is 0. The minimum absolute atomic E-state index is 0.172. The highest BCUT2D eigenvalue weighted by atomic mass is 35.5. The zero-order valence-corrected chi connectivity index (χ0v) is 16.7. The van der Waals surface area contributed by atoms with Crippen LogP contribution in [-0.2, 0) is 5.75 Å². The molecule has 0 saturated heterocycles. The number of ether oxygens (including phenoxy) is 2. The van der Waals surface area contributed by atoms with Gasteiger partial charge in [0.05, 0.1) is 0 Å². The number of benzene rings is 1. The molecule has 1 aromatic carbocycles. The molecule has 28 heavy (non-hydrogen) atoms. The number of nitrogens with one attached hydrogen (secondary N) is 1. The number of halogens is 1. The van der Waals surface area contributed by atoms with Crippen LogP contribution >= 0.6 is 34.7 Å². The van der Waals surface area contributed by atoms with E-state index in [1.54, 1.807) is 6.07 Å². The van der Waals surface area contributed by atoms with Crippen molar-refractivity contribution < 1.29 is 14.5 Å². The zero-order valence-electron chi connectivity index (χ0n) is 14.3. The fourth-order valence-electron chi connectivity index (χ4n) is 2.84. The van der Waals surface area contributed by atoms with Gasteiger partial charge in [0.1, 0.15) is 17.7 Å². The average Bonchev–Trinajstić information content (AvgIpc) is 3.37. The van der Waals surface area contributed by atoms with Gasteiger partial charge in [-0.3, -0.25) is 5.73 Å². The highest BCUT2D eigenvalue weighted by Gasteiger charge is 2.25. The van der Waals surface area contributed by atoms with Crippen molar-refractivity contribution in [2.24, 2.45) is 0 Å². The molecule has 0 spiro atoms. The van der Waals surface area contributed by atoms with E-state index >= 15 is 0 Å². The lowest BCUT2D eigenvalue weighted by molar-refractivity contribution is -0.410. The molecule has 0 saturated carbocycles. The van der Waals surface area contributed by atoms with Gasteiger partial charge >= 0.3 is 0 Å². The molecule has 0 amide bonds. The number of nitrogens with two attached hydrogens (primary N) is 1. The number of thioether (sulfide) groups is 1. The van der Waals surface area contributed by atoms with Crippen LogP contribution in [0.3, 0.4) is 0 Å². The number of pyridine rings is 1. The Balaban J connectivity index is 1.73. The lowest BCUT2D eigenvalue weighted by atomic mass is 10.0. The Hall–Kier alpha value is -2.91. The molecule has 138 valence electrons. The van der Waals surface area contributed by atoms with Crippen LogP contribution in [0.1, 0.15) is 16.7 Å². The van der Waals surface area contributed by atoms with Crippen LogP contribution < -0.4 is 20.2 Å². The number of anilines is 1. The Kier molecular flexibility index (Phi) is 5.01. The normalized spacial score (nSPS) is 11.8. The second-order valence-electron chi connectivity index (χ2n) is 5.78. The third-order valence-corrected chi connectivity index (χ3v) is 6.44. The van der Waals surface area contributed by atoms with Gasteiger partial charge in [0.15, 0.2) is 22.1 Å². The first-order valence-corrected chi connectivity index (χ1v) is 10.3. The minimum atomic E-state index is 0.172. The molecular weight excluding hydrogens is 416 g/mol. The van der Waals surface area contributed by atoms with Gasteiger partial charge in [-0.15, -0.1) is 11.3 Å². The van der Waals surface area contributed by atoms with Crippen molar-refractivity contribution in [1.29, 1.82) is 10.5 Å². The lowest BCUT2D eigenvalue weighted by Gasteiger charge is -2.09. The van der Waals surface area contributed by atoms with Gasteiger partial charge in [0.2, 0.25) is 6.79 Å². The highest BCUT2D eigenvalue weighted by molar-refractivity contribution is 7.98. The van der Waals surface area contributed by atoms with Crippen LogP contribution in [0.15, 0.2) is 34.7 Å². The van der Waals surface area contributed by atoms with Gasteiger partial charge in [0.25, 0.3) is 5.82 Å². The van der Waals surface area contributed by atoms with E-state index in [1.807, 2.05) is 23.6 Å². The summed E-state index contributed by atoms with van der Waals surface area (Å²) in [6, 6.07) is 11.6. The molecule has 3 aromatic rings. The van der Waals surface area contributed by atoms with Crippen LogP contribution in [0.2, 0.25) is 5.02 Å². The van der Waals surface area contributed by atoms with Gasteiger partial charge < -0.3 is 9.47 Å². The topological polar surface area (TPSA) is 106 Å². The van der Waals surface area contributed by atoms with Crippen LogP contribution in [0.5, 0.6) is 11.5 Å². The molecule has 3 heterocycles. The largest absolute Gasteiger partial charge is 0.454 e. The van der Waals surface area contributed by atoms with Gasteiger partial charge in [-0.05, 0) is 23.1 Å². The predicted molar refractivity (Wildman–Crippen MR) is 107 cm³/mol. The summed E-state index contributed by atoms with van der Waals surface area (Å²) in [5.41, 5.74) is 8.12. The number of aromatic amines is 1. The number of thiophene rings is 1. The fraction of sp³-hybridized carbons (Fsp3) is 0.105. The van der Waals surface area contributed by atoms with Gasteiger partial charge in [-0.2, -0.15) is 10.5 Å². The number of nitrogen functional groups attached to an aromatic ring is 1. The summed E-state index contributed by atoms with van der Waals surface area (Å²) in [7, 11) is 0. The summed E-state index contributed by atoms with van der Waals surface area (Å²) in [6.45, 7) is 0.172. The third kappa shape index (κ3) is 3.23. The van der Waals surface area contributed by atoms with Crippen LogP contribution in [-0.4, -0.2) is 6.79 Å². The third-order valence-electron chi connectivity index (χ3n) is 4.15. The maximum absolute atomic E-state index is 9.80. The summed E-state index contributed by atoms with van der Waals surface area (Å²) in [4.78, 5) is 3.81. The molecule has 2 aromatic heterocycles. The predicted octanol–water partition coefficient (Wildman–Crippen LogP) is 4.23. The highest BCUT2D eigenvalue weighted by Crippen LogP contribution is 2.40. The van der Waals surface area contributed by atoms with Crippen LogP contribution in [0.4, 0.5) is 5.82 Å². The number of hydrogen-bond acceptors (Lipinski definition) is 7. The molecule has 0 fully saturated rings. The Morgan fingerprint density at radius 3 is 2.64 bits per heavy atom. The first kappa shape index (κ1) is 18.5. The Bertz CT molecular complexity index is 1150. The Labute approximate surface area is 174 Å². The monoisotopic (exact) mass is 427 g/mol. The van der Waals surface area contributed by atoms with Gasteiger partial charge in [0, 0.05) is 27.3 Å². The van der Waals surface area contributed by atoms with E-state index in [9.17, 15) is 10.5 Å². The number of nitrogens with zero attached hydrogens (tertiary/aromatic N) is 2. The summed E-state index contributed by atoms with van der Waals surface area (Å²) >= 11 is 9.18. The minimum Gasteiger partial charge on any atom is -0.454 e. The van der Waals surface area contributed by atoms with Gasteiger partial charge in [-0.1, -0.05) is 29.4 Å². The Morgan fingerprint density at radius 1 is 1.21 bits per heavy atom. The number of nitriles is 2. The molecule has 9 heteroatoms. The van der Waals surface area contributed by atoms with Crippen molar-refractivity contribution in [1.82, 2.24) is 0 Å². The van der Waals surface area contributed by atoms with Crippen LogP contribution in [0.25, 0.3) is 10.4 Å². The molecule has 3 N–H and O–H groups in total. The van der Waals surface area contributed by atoms with Crippen LogP contribution in [0, 0.1) is 22.7 Å². The zero-order chi connectivity index (χ0) is 19.7. The van der Waals surface area contributed by atoms with E-state index in [0.717, 1.165) is 10.4 Å². The molecule has 0 radical (unpaired) electrons. The SMILES string of the molecule is N#Cc1c(N)[nH+]c(SCc2cc3c(cc2Cl)OCO3)c(C#N)c1-c1cccs1. The second-order valence-corrected chi connectivity index (χ2v) is 8.12. The van der Waals surface area contributed by atoms with Crippen molar-refractivity contribution in [3.63, 3.8) is 0 Å². The maximum atomic E-state index is 9.80. The molecule has 0 unspecified atom stereocenters. The van der Waals surface area contributed by atoms with Crippen molar-refractivity contribution in [2.75, 3.05) is 12.5 Å².